The Bertz CT molecular complexity index is 524. The van der Waals surface area contributed by atoms with Crippen molar-refractivity contribution in [3.63, 3.8) is 0 Å². The quantitative estimate of drug-likeness (QED) is 0.845. The number of carboxylic acids is 1. The smallest absolute Gasteiger partial charge is 0.307 e. The second kappa shape index (κ2) is 5.88. The summed E-state index contributed by atoms with van der Waals surface area (Å²) in [5.74, 6) is -1.09. The number of hydrogen-bond donors (Lipinski definition) is 2. The highest BCUT2D eigenvalue weighted by atomic mass is 16.4. The van der Waals surface area contributed by atoms with Gasteiger partial charge in [-0.3, -0.25) is 9.59 Å². The zero-order chi connectivity index (χ0) is 14.8. The molecule has 2 aliphatic carbocycles. The Labute approximate surface area is 124 Å². The number of amides is 1. The van der Waals surface area contributed by atoms with Crippen LogP contribution in [0.25, 0.3) is 0 Å². The molecule has 2 N–H and O–H groups in total. The lowest BCUT2D eigenvalue weighted by Gasteiger charge is -2.30. The van der Waals surface area contributed by atoms with Gasteiger partial charge in [-0.05, 0) is 24.3 Å². The number of benzene rings is 1. The number of nitrogens with one attached hydrogen (secondary N) is 1. The number of rotatable bonds is 6. The van der Waals surface area contributed by atoms with E-state index in [0.29, 0.717) is 12.3 Å². The average molecular weight is 287 g/mol. The first-order valence-corrected chi connectivity index (χ1v) is 7.73. The van der Waals surface area contributed by atoms with Crippen LogP contribution in [0.5, 0.6) is 0 Å². The Morgan fingerprint density at radius 2 is 1.90 bits per heavy atom. The summed E-state index contributed by atoms with van der Waals surface area (Å²) in [6.45, 7) is 0. The Kier molecular flexibility index (Phi) is 3.95. The van der Waals surface area contributed by atoms with Gasteiger partial charge in [0, 0.05) is 0 Å². The van der Waals surface area contributed by atoms with Gasteiger partial charge in [0.05, 0.1) is 17.9 Å². The van der Waals surface area contributed by atoms with Crippen LogP contribution in [0.3, 0.4) is 0 Å². The highest BCUT2D eigenvalue weighted by molar-refractivity contribution is 5.89. The fourth-order valence-electron chi connectivity index (χ4n) is 3.06. The molecule has 3 atom stereocenters. The van der Waals surface area contributed by atoms with E-state index in [2.05, 4.69) is 5.32 Å². The summed E-state index contributed by atoms with van der Waals surface area (Å²) in [6.07, 6.45) is 5.19. The summed E-state index contributed by atoms with van der Waals surface area (Å²) in [6, 6.07) is 10.0. The number of hydrogen-bond acceptors (Lipinski definition) is 2. The molecule has 4 nitrogen and oxygen atoms in total. The van der Waals surface area contributed by atoms with Crippen LogP contribution in [0.2, 0.25) is 0 Å². The monoisotopic (exact) mass is 287 g/mol. The fourth-order valence-corrected chi connectivity index (χ4v) is 3.06. The normalized spacial score (nSPS) is 25.7. The van der Waals surface area contributed by atoms with Gasteiger partial charge in [0.15, 0.2) is 0 Å². The lowest BCUT2D eigenvalue weighted by atomic mass is 9.79. The van der Waals surface area contributed by atoms with Gasteiger partial charge in [-0.2, -0.15) is 0 Å². The minimum atomic E-state index is -0.856. The topological polar surface area (TPSA) is 66.4 Å². The highest BCUT2D eigenvalue weighted by Crippen LogP contribution is 2.40. The van der Waals surface area contributed by atoms with E-state index in [-0.39, 0.29) is 17.9 Å². The van der Waals surface area contributed by atoms with Crippen molar-refractivity contribution in [1.82, 2.24) is 5.32 Å². The SMILES string of the molecule is O=C(O)C1CC1C(=O)NC(CC1CCC1)c1ccccc1. The Morgan fingerprint density at radius 1 is 1.19 bits per heavy atom. The maximum atomic E-state index is 12.2. The van der Waals surface area contributed by atoms with Gasteiger partial charge in [0.1, 0.15) is 0 Å². The minimum Gasteiger partial charge on any atom is -0.481 e. The van der Waals surface area contributed by atoms with Crippen LogP contribution in [0.1, 0.15) is 43.7 Å². The van der Waals surface area contributed by atoms with E-state index in [9.17, 15) is 9.59 Å². The first-order chi connectivity index (χ1) is 10.1. The Morgan fingerprint density at radius 3 is 2.43 bits per heavy atom. The molecule has 0 radical (unpaired) electrons. The Balaban J connectivity index is 1.64. The molecule has 3 unspecified atom stereocenters. The lowest BCUT2D eigenvalue weighted by molar-refractivity contribution is -0.140. The molecule has 1 aromatic carbocycles. The second-order valence-corrected chi connectivity index (χ2v) is 6.29. The van der Waals surface area contributed by atoms with Crippen LogP contribution >= 0.6 is 0 Å². The molecule has 2 aliphatic rings. The third kappa shape index (κ3) is 3.26. The maximum Gasteiger partial charge on any atom is 0.307 e. The van der Waals surface area contributed by atoms with Gasteiger partial charge in [-0.1, -0.05) is 49.6 Å². The maximum absolute atomic E-state index is 12.2. The van der Waals surface area contributed by atoms with Gasteiger partial charge in [-0.25, -0.2) is 0 Å². The molecule has 112 valence electrons. The summed E-state index contributed by atoms with van der Waals surface area (Å²) in [7, 11) is 0. The van der Waals surface area contributed by atoms with Crippen LogP contribution in [-0.4, -0.2) is 17.0 Å². The first kappa shape index (κ1) is 14.1. The Hall–Kier alpha value is -1.84. The number of aliphatic carboxylic acids is 1. The summed E-state index contributed by atoms with van der Waals surface area (Å²) in [5.41, 5.74) is 1.12. The summed E-state index contributed by atoms with van der Waals surface area (Å²) < 4.78 is 0. The van der Waals surface area contributed by atoms with Crippen LogP contribution in [0.4, 0.5) is 0 Å². The lowest BCUT2D eigenvalue weighted by Crippen LogP contribution is -2.33. The van der Waals surface area contributed by atoms with Gasteiger partial charge in [0.25, 0.3) is 0 Å². The van der Waals surface area contributed by atoms with Crippen LogP contribution < -0.4 is 5.32 Å². The van der Waals surface area contributed by atoms with E-state index >= 15 is 0 Å². The molecule has 0 saturated heterocycles. The van der Waals surface area contributed by atoms with Crippen molar-refractivity contribution >= 4 is 11.9 Å². The van der Waals surface area contributed by atoms with Crippen molar-refractivity contribution in [2.24, 2.45) is 17.8 Å². The van der Waals surface area contributed by atoms with Gasteiger partial charge in [0.2, 0.25) is 5.91 Å². The first-order valence-electron chi connectivity index (χ1n) is 7.73. The van der Waals surface area contributed by atoms with E-state index < -0.39 is 11.9 Å². The summed E-state index contributed by atoms with van der Waals surface area (Å²) in [5, 5.41) is 12.0. The molecular formula is C17H21NO3. The van der Waals surface area contributed by atoms with Crippen molar-refractivity contribution in [3.8, 4) is 0 Å². The third-order valence-electron chi connectivity index (χ3n) is 4.76. The predicted molar refractivity (Wildman–Crippen MR) is 78.5 cm³/mol. The molecule has 0 aliphatic heterocycles. The number of carboxylic acid groups (broad SMARTS) is 1. The molecule has 1 aromatic rings. The van der Waals surface area contributed by atoms with Crippen molar-refractivity contribution in [1.29, 1.82) is 0 Å². The zero-order valence-corrected chi connectivity index (χ0v) is 12.0. The molecule has 21 heavy (non-hydrogen) atoms. The molecule has 0 heterocycles. The van der Waals surface area contributed by atoms with Crippen LogP contribution in [0, 0.1) is 17.8 Å². The van der Waals surface area contributed by atoms with E-state index in [1.165, 1.54) is 19.3 Å². The molecule has 2 saturated carbocycles. The molecule has 4 heteroatoms. The molecule has 0 aromatic heterocycles. The van der Waals surface area contributed by atoms with Crippen LogP contribution in [-0.2, 0) is 9.59 Å². The van der Waals surface area contributed by atoms with Gasteiger partial charge in [-0.15, -0.1) is 0 Å². The van der Waals surface area contributed by atoms with E-state index in [1.807, 2.05) is 30.3 Å². The third-order valence-corrected chi connectivity index (χ3v) is 4.76. The highest BCUT2D eigenvalue weighted by Gasteiger charge is 2.48. The molecular weight excluding hydrogens is 266 g/mol. The molecule has 3 rings (SSSR count). The van der Waals surface area contributed by atoms with Crippen molar-refractivity contribution in [2.75, 3.05) is 0 Å². The zero-order valence-electron chi connectivity index (χ0n) is 12.0. The van der Waals surface area contributed by atoms with E-state index in [1.54, 1.807) is 0 Å². The molecule has 1 amide bonds. The van der Waals surface area contributed by atoms with Crippen molar-refractivity contribution in [2.45, 2.75) is 38.1 Å². The largest absolute Gasteiger partial charge is 0.481 e. The van der Waals surface area contributed by atoms with E-state index in [4.69, 9.17) is 5.11 Å². The molecule has 0 bridgehead atoms. The molecule has 0 spiro atoms. The molecule has 2 fully saturated rings. The van der Waals surface area contributed by atoms with Gasteiger partial charge >= 0.3 is 5.97 Å². The standard InChI is InChI=1S/C17H21NO3/c19-16(13-10-14(13)17(20)21)18-15(9-11-5-4-6-11)12-7-2-1-3-8-12/h1-3,7-8,11,13-15H,4-6,9-10H2,(H,18,19)(H,20,21). The second-order valence-electron chi connectivity index (χ2n) is 6.29. The van der Waals surface area contributed by atoms with Crippen LogP contribution in [0.15, 0.2) is 30.3 Å². The van der Waals surface area contributed by atoms with Crippen molar-refractivity contribution in [3.05, 3.63) is 35.9 Å². The fraction of sp³-hybridized carbons (Fsp3) is 0.529. The number of carbonyl (C=O) groups is 2. The minimum absolute atomic E-state index is 0.0130. The average Bonchev–Trinajstić information content (AvgIpc) is 3.22. The van der Waals surface area contributed by atoms with Gasteiger partial charge < -0.3 is 10.4 Å². The summed E-state index contributed by atoms with van der Waals surface area (Å²) in [4.78, 5) is 23.1. The van der Waals surface area contributed by atoms with E-state index in [0.717, 1.165) is 12.0 Å². The summed E-state index contributed by atoms with van der Waals surface area (Å²) >= 11 is 0. The predicted octanol–water partition coefficient (Wildman–Crippen LogP) is 2.75. The number of carbonyl (C=O) groups excluding carboxylic acids is 1. The van der Waals surface area contributed by atoms with Crippen molar-refractivity contribution < 1.29 is 14.7 Å².